The van der Waals surface area contributed by atoms with Crippen LogP contribution in [0.5, 0.6) is 0 Å². The van der Waals surface area contributed by atoms with Crippen molar-refractivity contribution in [2.75, 3.05) is 6.54 Å². The normalized spacial score (nSPS) is 9.54. The van der Waals surface area contributed by atoms with Gasteiger partial charge in [-0.15, -0.1) is 11.3 Å². The van der Waals surface area contributed by atoms with Gasteiger partial charge >= 0.3 is 0 Å². The number of thiazole rings is 1. The Morgan fingerprint density at radius 2 is 2.54 bits per heavy atom. The third kappa shape index (κ3) is 3.45. The minimum Gasteiger partial charge on any atom is -0.375 e. The minimum atomic E-state index is -0.0984. The van der Waals surface area contributed by atoms with E-state index >= 15 is 0 Å². The zero-order valence-electron chi connectivity index (χ0n) is 6.61. The Morgan fingerprint density at radius 3 is 3.08 bits per heavy atom. The topological polar surface area (TPSA) is 80.0 Å². The first-order chi connectivity index (χ1) is 6.20. The fourth-order valence-electron chi connectivity index (χ4n) is 0.648. The van der Waals surface area contributed by atoms with E-state index in [1.54, 1.807) is 11.6 Å². The molecule has 0 atom stereocenters. The minimum absolute atomic E-state index is 0.0984. The molecule has 0 amide bonds. The van der Waals surface area contributed by atoms with Crippen molar-refractivity contribution in [2.45, 2.75) is 0 Å². The van der Waals surface area contributed by atoms with Crippen LogP contribution in [0.3, 0.4) is 0 Å². The molecule has 4 N–H and O–H groups in total. The number of hydrazine groups is 1. The number of rotatable bonds is 4. The smallest absolute Gasteiger partial charge is 0.206 e. The second-order valence-corrected chi connectivity index (χ2v) is 3.44. The largest absolute Gasteiger partial charge is 0.375 e. The van der Waals surface area contributed by atoms with E-state index in [1.165, 1.54) is 11.3 Å². The molecule has 1 heterocycles. The van der Waals surface area contributed by atoms with Gasteiger partial charge in [-0.3, -0.25) is 10.2 Å². The van der Waals surface area contributed by atoms with Crippen LogP contribution >= 0.6 is 23.6 Å². The second-order valence-electron chi connectivity index (χ2n) is 2.10. The molecule has 0 saturated heterocycles. The number of nitrogens with two attached hydrogens (primary N) is 1. The average Bonchev–Trinajstić information content (AvgIpc) is 2.55. The van der Waals surface area contributed by atoms with E-state index in [0.29, 0.717) is 5.01 Å². The van der Waals surface area contributed by atoms with Gasteiger partial charge in [-0.05, 0) is 12.2 Å². The molecule has 1 aromatic heterocycles. The Bertz CT molecular complexity index is 298. The lowest BCUT2D eigenvalue weighted by atomic mass is 10.4. The maximum Gasteiger partial charge on any atom is 0.206 e. The standard InChI is InChI=1S/C6H8N4OS2/c7-6(12)10-9-3-4(11)5-8-1-2-13-5/h1-2,9H,3H2,(H3,7,10,12). The number of carbonyl (C=O) groups excluding carboxylic acids is 1. The van der Waals surface area contributed by atoms with Gasteiger partial charge in [-0.2, -0.15) is 0 Å². The third-order valence-corrected chi connectivity index (χ3v) is 2.05. The Morgan fingerprint density at radius 1 is 1.77 bits per heavy atom. The van der Waals surface area contributed by atoms with Crippen LogP contribution in [0.15, 0.2) is 11.6 Å². The van der Waals surface area contributed by atoms with E-state index < -0.39 is 0 Å². The molecule has 13 heavy (non-hydrogen) atoms. The van der Waals surface area contributed by atoms with Gasteiger partial charge in [0.2, 0.25) is 5.78 Å². The molecule has 0 fully saturated rings. The summed E-state index contributed by atoms with van der Waals surface area (Å²) in [5.74, 6) is -0.0984. The fourth-order valence-corrected chi connectivity index (χ4v) is 1.30. The van der Waals surface area contributed by atoms with E-state index in [1.807, 2.05) is 0 Å². The Balaban J connectivity index is 2.31. The molecule has 1 aromatic rings. The van der Waals surface area contributed by atoms with Gasteiger partial charge in [-0.1, -0.05) is 0 Å². The quantitative estimate of drug-likeness (QED) is 0.363. The number of hydrogen-bond donors (Lipinski definition) is 3. The van der Waals surface area contributed by atoms with Crippen molar-refractivity contribution in [3.8, 4) is 0 Å². The first-order valence-corrected chi connectivity index (χ1v) is 4.70. The predicted molar refractivity (Wildman–Crippen MR) is 54.4 cm³/mol. The lowest BCUT2D eigenvalue weighted by Gasteiger charge is -2.02. The van der Waals surface area contributed by atoms with E-state index in [4.69, 9.17) is 5.73 Å². The molecule has 0 unspecified atom stereocenters. The summed E-state index contributed by atoms with van der Waals surface area (Å²) in [6.45, 7) is 0.116. The fraction of sp³-hybridized carbons (Fsp3) is 0.167. The molecule has 0 bridgehead atoms. The summed E-state index contributed by atoms with van der Waals surface area (Å²) in [6.07, 6.45) is 1.58. The van der Waals surface area contributed by atoms with Gasteiger partial charge in [0.25, 0.3) is 0 Å². The summed E-state index contributed by atoms with van der Waals surface area (Å²) in [5, 5.41) is 2.32. The van der Waals surface area contributed by atoms with E-state index in [2.05, 4.69) is 28.1 Å². The third-order valence-electron chi connectivity index (χ3n) is 1.13. The molecule has 0 aliphatic rings. The number of aromatic nitrogens is 1. The Hall–Kier alpha value is -1.05. The molecule has 0 spiro atoms. The number of hydrogen-bond acceptors (Lipinski definition) is 5. The monoisotopic (exact) mass is 216 g/mol. The summed E-state index contributed by atoms with van der Waals surface area (Å²) < 4.78 is 0. The maximum absolute atomic E-state index is 11.2. The van der Waals surface area contributed by atoms with Crippen molar-refractivity contribution >= 4 is 34.5 Å². The van der Waals surface area contributed by atoms with Gasteiger partial charge in [0, 0.05) is 11.6 Å². The van der Waals surface area contributed by atoms with Crippen molar-refractivity contribution in [1.82, 2.24) is 15.8 Å². The number of nitrogens with zero attached hydrogens (tertiary/aromatic N) is 1. The molecule has 70 valence electrons. The van der Waals surface area contributed by atoms with Crippen LogP contribution in [-0.4, -0.2) is 22.4 Å². The summed E-state index contributed by atoms with van der Waals surface area (Å²) in [7, 11) is 0. The molecule has 0 radical (unpaired) electrons. The van der Waals surface area contributed by atoms with Crippen LogP contribution in [0.25, 0.3) is 0 Å². The highest BCUT2D eigenvalue weighted by molar-refractivity contribution is 7.80. The highest BCUT2D eigenvalue weighted by atomic mass is 32.1. The SMILES string of the molecule is NC(=S)NNCC(=O)c1nccs1. The van der Waals surface area contributed by atoms with Crippen molar-refractivity contribution in [2.24, 2.45) is 5.73 Å². The number of Topliss-reactive ketones (excluding diaryl/α,β-unsaturated/α-hetero) is 1. The maximum atomic E-state index is 11.2. The van der Waals surface area contributed by atoms with Gasteiger partial charge in [0.15, 0.2) is 10.1 Å². The van der Waals surface area contributed by atoms with E-state index in [-0.39, 0.29) is 17.4 Å². The molecule has 0 aromatic carbocycles. The first-order valence-electron chi connectivity index (χ1n) is 3.41. The zero-order valence-corrected chi connectivity index (χ0v) is 8.24. The van der Waals surface area contributed by atoms with Gasteiger partial charge in [0.1, 0.15) is 0 Å². The number of nitrogens with one attached hydrogen (secondary N) is 2. The lowest BCUT2D eigenvalue weighted by Crippen LogP contribution is -2.43. The lowest BCUT2D eigenvalue weighted by molar-refractivity contribution is 0.0989. The number of ketones is 1. The number of carbonyl (C=O) groups is 1. The number of thiocarbonyl (C=S) groups is 1. The van der Waals surface area contributed by atoms with Crippen LogP contribution in [0.1, 0.15) is 9.80 Å². The summed E-state index contributed by atoms with van der Waals surface area (Å²) in [4.78, 5) is 15.1. The van der Waals surface area contributed by atoms with Crippen LogP contribution < -0.4 is 16.6 Å². The van der Waals surface area contributed by atoms with Crippen LogP contribution in [0.2, 0.25) is 0 Å². The summed E-state index contributed by atoms with van der Waals surface area (Å²) >= 11 is 5.82. The van der Waals surface area contributed by atoms with Crippen molar-refractivity contribution in [3.63, 3.8) is 0 Å². The molecule has 0 saturated carbocycles. The molecule has 5 nitrogen and oxygen atoms in total. The molecule has 7 heteroatoms. The van der Waals surface area contributed by atoms with Crippen molar-refractivity contribution < 1.29 is 4.79 Å². The highest BCUT2D eigenvalue weighted by Crippen LogP contribution is 2.03. The van der Waals surface area contributed by atoms with Crippen LogP contribution in [0, 0.1) is 0 Å². The second kappa shape index (κ2) is 4.85. The van der Waals surface area contributed by atoms with Gasteiger partial charge in [-0.25, -0.2) is 10.4 Å². The Kier molecular flexibility index (Phi) is 3.74. The van der Waals surface area contributed by atoms with Gasteiger partial charge in [0.05, 0.1) is 6.54 Å². The van der Waals surface area contributed by atoms with Crippen LogP contribution in [-0.2, 0) is 0 Å². The van der Waals surface area contributed by atoms with Crippen molar-refractivity contribution in [3.05, 3.63) is 16.6 Å². The molecule has 0 aliphatic heterocycles. The predicted octanol–water partition coefficient (Wildman–Crippen LogP) is -0.336. The molecule has 0 aliphatic carbocycles. The van der Waals surface area contributed by atoms with Crippen molar-refractivity contribution in [1.29, 1.82) is 0 Å². The first kappa shape index (κ1) is 10.0. The van der Waals surface area contributed by atoms with E-state index in [0.717, 1.165) is 0 Å². The van der Waals surface area contributed by atoms with Gasteiger partial charge < -0.3 is 5.73 Å². The molecular formula is C6H8N4OS2. The van der Waals surface area contributed by atoms with Crippen LogP contribution in [0.4, 0.5) is 0 Å². The summed E-state index contributed by atoms with van der Waals surface area (Å²) in [5.41, 5.74) is 10.2. The summed E-state index contributed by atoms with van der Waals surface area (Å²) in [6, 6.07) is 0. The zero-order chi connectivity index (χ0) is 9.68. The Labute approximate surface area is 84.3 Å². The van der Waals surface area contributed by atoms with E-state index in [9.17, 15) is 4.79 Å². The molecule has 1 rings (SSSR count). The molecular weight excluding hydrogens is 208 g/mol. The highest BCUT2D eigenvalue weighted by Gasteiger charge is 2.06. The average molecular weight is 216 g/mol.